The van der Waals surface area contributed by atoms with Crippen molar-refractivity contribution in [2.75, 3.05) is 45.1 Å². The Hall–Kier alpha value is -13.4. The van der Waals surface area contributed by atoms with Crippen LogP contribution in [0.2, 0.25) is 0 Å². The van der Waals surface area contributed by atoms with E-state index in [-0.39, 0.29) is 37.2 Å². The number of aliphatic hydroxyl groups is 1. The van der Waals surface area contributed by atoms with E-state index in [1.807, 2.05) is 16.0 Å². The minimum atomic E-state index is -2.46. The molecule has 0 radical (unpaired) electrons. The molecule has 634 valence electrons. The van der Waals surface area contributed by atoms with Crippen LogP contribution in [0.1, 0.15) is 109 Å². The van der Waals surface area contributed by atoms with Gasteiger partial charge in [0, 0.05) is 47.9 Å². The summed E-state index contributed by atoms with van der Waals surface area (Å²) in [6.45, 7) is 6.15. The fourth-order valence-corrected chi connectivity index (χ4v) is 11.0. The molecular formula is C71H97N17O28. The topological polar surface area (TPSA) is 706 Å². The smallest absolute Gasteiger partial charge is 0.407 e. The molecule has 1 aliphatic rings. The predicted octanol–water partition coefficient (Wildman–Crippen LogP) is -5.93. The van der Waals surface area contributed by atoms with Crippen LogP contribution < -0.4 is 85.9 Å². The molecule has 4 rings (SSSR count). The number of alkyl carbamates (subject to hydrolysis) is 2. The minimum Gasteiger partial charge on any atom is -0.481 e. The molecule has 0 spiro atoms. The summed E-state index contributed by atoms with van der Waals surface area (Å²) >= 11 is 0. The fraction of sp³-hybridized carbons (Fsp3) is 0.493. The van der Waals surface area contributed by atoms with Crippen molar-refractivity contribution in [2.24, 2.45) is 11.7 Å². The number of anilines is 1. The number of rotatable bonds is 30. The van der Waals surface area contributed by atoms with Crippen LogP contribution in [0, 0.1) is 5.92 Å². The molecule has 1 fully saturated rings. The number of cyclic esters (lactones) is 1. The summed E-state index contributed by atoms with van der Waals surface area (Å²) in [6, 6.07) is -10.4. The Kier molecular flexibility index (Phi) is 37.7. The van der Waals surface area contributed by atoms with Crippen LogP contribution in [0.25, 0.3) is 10.9 Å². The molecule has 45 nitrogen and oxygen atoms in total. The maximum Gasteiger partial charge on any atom is 0.407 e. The van der Waals surface area contributed by atoms with Gasteiger partial charge in [0.25, 0.3) is 0 Å². The van der Waals surface area contributed by atoms with E-state index < -0.39 is 274 Å². The van der Waals surface area contributed by atoms with Crippen molar-refractivity contribution < 1.29 is 136 Å². The van der Waals surface area contributed by atoms with Crippen LogP contribution in [0.4, 0.5) is 15.3 Å². The second kappa shape index (κ2) is 46.0. The highest BCUT2D eigenvalue weighted by Gasteiger charge is 2.41. The molecule has 0 bridgehead atoms. The van der Waals surface area contributed by atoms with Crippen molar-refractivity contribution in [3.8, 4) is 0 Å². The molecule has 1 aromatic heterocycles. The summed E-state index contributed by atoms with van der Waals surface area (Å²) < 4.78 is 15.8. The zero-order valence-electron chi connectivity index (χ0n) is 63.9. The van der Waals surface area contributed by atoms with E-state index in [2.05, 4.69) is 70.0 Å². The van der Waals surface area contributed by atoms with Gasteiger partial charge in [-0.15, -0.1) is 0 Å². The second-order valence-electron chi connectivity index (χ2n) is 27.4. The Balaban J connectivity index is 1.92. The highest BCUT2D eigenvalue weighted by Crippen LogP contribution is 2.21. The molecule has 13 atom stereocenters. The quantitative estimate of drug-likeness (QED) is 0.00738. The van der Waals surface area contributed by atoms with Gasteiger partial charge >= 0.3 is 42.0 Å². The number of carboxylic acids is 4. The van der Waals surface area contributed by atoms with Crippen molar-refractivity contribution in [3.05, 3.63) is 78.5 Å². The van der Waals surface area contributed by atoms with E-state index >= 15 is 0 Å². The Morgan fingerprint density at radius 2 is 1.18 bits per heavy atom. The van der Waals surface area contributed by atoms with Crippen molar-refractivity contribution in [2.45, 2.75) is 177 Å². The number of ketones is 1. The van der Waals surface area contributed by atoms with E-state index in [1.165, 1.54) is 30.3 Å². The zero-order chi connectivity index (χ0) is 86.8. The number of benzene rings is 2. The number of carbonyl (C=O) groups excluding carboxylic acids is 16. The standard InChI is InChI=1S/C71H97N17O28/c1-8-22-114-69(112)74-20-13-18-42-61(104)84-45(27-54(97)98)63(106)79-34(3)58(101)83-44(26-53(95)96)60(103)77-30-51(92)81-48(32-89)65(108)87-56(33(2)23-52(93)94)67(110)86-47(25-49(90)38-15-9-11-16-39(38)72)68(111)115-35(4)57(66(109)78-31-50(91)80-42)88-64(107)46(28-55(99)100)85-62(105)43(19-21-75-70(113)116-71(5,6)7)82-59(102)40(73)24-36-29-76-41-17-12-10-14-37(36)41/h8-12,14-17,29,33-35,40,42-48,56-57,76,89H,1,13,18-28,30-32,72-73H2,2-7H3,(H,74,112)(H,75,113)(H,77,103)(H,78,109)(H,79,106)(H,80,91)(H,81,92)(H,82,102)(H,83,101)(H,84,104)(H,85,105)(H,86,110)(H,87,108)(H,88,107)(H,93,94)(H,95,96)(H,97,98)(H,99,100)/t33?,34-,35-,40+,42+,43-,44+,45+,46+,47+,48-,56+,57+/m1/s1. The SMILES string of the molecule is C=CCOC(=O)NCCC[C@@H]1NC(=O)CNC(=O)[C@@H](NC(=O)[C@H](CC(=O)O)NC(=O)[C@@H](CCNC(=O)OC(C)(C)C)NC(=O)[C@@H](N)Cc2c[nH]c3ccccc23)[C@@H](C)OC(=O)[C@H](CC(=O)c2ccccc2N)NC(=O)[C@H](C(C)CC(=O)O)NC(=O)[C@@H](CO)NC(=O)CNC(=O)[C@H](CC(=O)O)NC(=O)[C@@H](C)NC(=O)[C@H](CC(=O)O)NC1=O. The van der Waals surface area contributed by atoms with Crippen molar-refractivity contribution in [1.82, 2.24) is 79.4 Å². The van der Waals surface area contributed by atoms with E-state index in [1.54, 1.807) is 51.2 Å². The number of aromatic nitrogens is 1. The molecule has 0 aliphatic carbocycles. The van der Waals surface area contributed by atoms with Crippen molar-refractivity contribution >= 4 is 135 Å². The Bertz CT molecular complexity index is 4150. The summed E-state index contributed by atoms with van der Waals surface area (Å²) in [7, 11) is 0. The number of hydrogen-bond acceptors (Lipinski definition) is 26. The first-order valence-corrected chi connectivity index (χ1v) is 35.9. The van der Waals surface area contributed by atoms with Crippen molar-refractivity contribution in [1.29, 1.82) is 0 Å². The summed E-state index contributed by atoms with van der Waals surface area (Å²) in [5.74, 6) is -28.0. The number of amides is 14. The van der Waals surface area contributed by atoms with E-state index in [4.69, 9.17) is 25.7 Å². The van der Waals surface area contributed by atoms with Gasteiger partial charge in [0.1, 0.15) is 78.7 Å². The summed E-state index contributed by atoms with van der Waals surface area (Å²) in [4.78, 5) is 276. The lowest BCUT2D eigenvalue weighted by Gasteiger charge is -2.30. The number of esters is 1. The number of para-hydroxylation sites is 2. The van der Waals surface area contributed by atoms with Crippen molar-refractivity contribution in [3.63, 3.8) is 0 Å². The lowest BCUT2D eigenvalue weighted by molar-refractivity contribution is -0.156. The highest BCUT2D eigenvalue weighted by molar-refractivity contribution is 6.05. The number of aliphatic hydroxyl groups excluding tert-OH is 1. The third-order valence-corrected chi connectivity index (χ3v) is 16.8. The average Bonchev–Trinajstić information content (AvgIpc) is 1.75. The lowest BCUT2D eigenvalue weighted by Crippen LogP contribution is -2.61. The largest absolute Gasteiger partial charge is 0.481 e. The molecule has 24 N–H and O–H groups in total. The number of hydrogen-bond donors (Lipinski definition) is 22. The molecule has 1 aliphatic heterocycles. The molecule has 45 heteroatoms. The van der Waals surface area contributed by atoms with Crippen LogP contribution in [-0.2, 0) is 102 Å². The average molecular weight is 1640 g/mol. The predicted molar refractivity (Wildman–Crippen MR) is 399 cm³/mol. The molecule has 116 heavy (non-hydrogen) atoms. The first-order chi connectivity index (χ1) is 54.5. The number of aliphatic carboxylic acids is 4. The number of nitrogens with one attached hydrogen (secondary N) is 15. The fourth-order valence-electron chi connectivity index (χ4n) is 11.0. The van der Waals surface area contributed by atoms with Crippen LogP contribution in [-0.4, -0.2) is 267 Å². The Labute approximate surface area is 660 Å². The van der Waals surface area contributed by atoms with Gasteiger partial charge in [-0.05, 0) is 90.0 Å². The number of fused-ring (bicyclic) bond motifs is 1. The van der Waals surface area contributed by atoms with E-state index in [9.17, 15) is 121 Å². The maximum atomic E-state index is 14.9. The summed E-state index contributed by atoms with van der Waals surface area (Å²) in [5, 5.41) is 81.1. The van der Waals surface area contributed by atoms with Gasteiger partial charge in [-0.25, -0.2) is 14.4 Å². The van der Waals surface area contributed by atoms with Gasteiger partial charge in [0.15, 0.2) is 5.78 Å². The molecule has 2 heterocycles. The van der Waals surface area contributed by atoms with Gasteiger partial charge < -0.3 is 131 Å². The van der Waals surface area contributed by atoms with Gasteiger partial charge in [0.2, 0.25) is 70.9 Å². The first-order valence-electron chi connectivity index (χ1n) is 35.9. The Morgan fingerprint density at radius 1 is 0.621 bits per heavy atom. The van der Waals surface area contributed by atoms with E-state index in [0.717, 1.165) is 20.8 Å². The number of carboxylic acid groups (broad SMARTS) is 4. The van der Waals surface area contributed by atoms with Crippen LogP contribution in [0.15, 0.2) is 67.4 Å². The van der Waals surface area contributed by atoms with E-state index in [0.29, 0.717) is 16.5 Å². The van der Waals surface area contributed by atoms with Gasteiger partial charge in [-0.2, -0.15) is 0 Å². The number of carbonyl (C=O) groups is 20. The second-order valence-corrected chi connectivity index (χ2v) is 27.4. The molecule has 1 unspecified atom stereocenters. The van der Waals surface area contributed by atoms with Gasteiger partial charge in [0.05, 0.1) is 51.4 Å². The molecule has 1 saturated heterocycles. The maximum absolute atomic E-state index is 14.9. The van der Waals surface area contributed by atoms with Gasteiger partial charge in [-0.1, -0.05) is 49.9 Å². The zero-order valence-corrected chi connectivity index (χ0v) is 63.9. The number of nitrogen functional groups attached to an aromatic ring is 1. The minimum absolute atomic E-state index is 0.129. The normalized spacial score (nSPS) is 21.1. The first kappa shape index (κ1) is 95.0. The summed E-state index contributed by atoms with van der Waals surface area (Å²) in [5.41, 5.74) is 12.2. The highest BCUT2D eigenvalue weighted by atomic mass is 16.6. The molecular weight excluding hydrogens is 1540 g/mol. The molecule has 14 amide bonds. The number of H-pyrrole nitrogens is 1. The van der Waals surface area contributed by atoms with Crippen LogP contribution in [0.3, 0.4) is 0 Å². The molecule has 3 aromatic rings. The third-order valence-electron chi connectivity index (χ3n) is 16.8. The van der Waals surface area contributed by atoms with Crippen LogP contribution in [0.5, 0.6) is 0 Å². The summed E-state index contributed by atoms with van der Waals surface area (Å²) in [6.07, 6.45) is -8.80. The number of ether oxygens (including phenoxy) is 3. The lowest BCUT2D eigenvalue weighted by atomic mass is 9.96. The van der Waals surface area contributed by atoms with Crippen LogP contribution >= 0.6 is 0 Å². The molecule has 0 saturated carbocycles. The monoisotopic (exact) mass is 1640 g/mol. The Morgan fingerprint density at radius 3 is 1.79 bits per heavy atom. The number of nitrogens with two attached hydrogens (primary N) is 2. The van der Waals surface area contributed by atoms with Gasteiger partial charge in [-0.3, -0.25) is 81.5 Å². The number of Topliss-reactive ketones (excluding diaryl/α,β-unsaturated/α-hetero) is 1. The number of aromatic amines is 1. The molecule has 2 aromatic carbocycles. The third kappa shape index (κ3) is 32.4.